The summed E-state index contributed by atoms with van der Waals surface area (Å²) in [5.74, 6) is 0.858. The number of hydrogen-bond donors (Lipinski definition) is 1. The Kier molecular flexibility index (Phi) is 5.58. The van der Waals surface area contributed by atoms with E-state index < -0.39 is 0 Å². The van der Waals surface area contributed by atoms with E-state index >= 15 is 0 Å². The van der Waals surface area contributed by atoms with E-state index in [1.165, 1.54) is 17.3 Å². The van der Waals surface area contributed by atoms with Crippen LogP contribution in [0.1, 0.15) is 18.9 Å². The van der Waals surface area contributed by atoms with Gasteiger partial charge in [0.2, 0.25) is 0 Å². The molecule has 1 rings (SSSR count). The predicted octanol–water partition coefficient (Wildman–Crippen LogP) is 3.66. The largest absolute Gasteiger partial charge is 0.288 e. The van der Waals surface area contributed by atoms with Gasteiger partial charge >= 0.3 is 0 Å². The first-order valence-corrected chi connectivity index (χ1v) is 6.20. The van der Waals surface area contributed by atoms with Crippen molar-refractivity contribution in [3.63, 3.8) is 0 Å². The van der Waals surface area contributed by atoms with Crippen LogP contribution in [0.5, 0.6) is 0 Å². The molecule has 0 N–H and O–H groups in total. The molecular formula is C12H14OS2. The van der Waals surface area contributed by atoms with Crippen molar-refractivity contribution in [3.8, 4) is 0 Å². The first-order chi connectivity index (χ1) is 7.18. The van der Waals surface area contributed by atoms with Gasteiger partial charge < -0.3 is 0 Å². The standard InChI is InChI=1S/C12H14OS2/c1-10(13)15-9-3-2-4-11-5-7-12(14)8-6-11/h2,4-8,14H,3,9H2,1H3. The van der Waals surface area contributed by atoms with E-state index in [0.29, 0.717) is 0 Å². The zero-order chi connectivity index (χ0) is 11.1. The van der Waals surface area contributed by atoms with Crippen molar-refractivity contribution in [3.05, 3.63) is 35.9 Å². The lowest BCUT2D eigenvalue weighted by Crippen LogP contribution is -1.83. The number of allylic oxidation sites excluding steroid dienone is 1. The molecule has 0 amide bonds. The van der Waals surface area contributed by atoms with Crippen LogP contribution in [0.15, 0.2) is 35.2 Å². The fourth-order valence-electron chi connectivity index (χ4n) is 1.08. The molecule has 0 spiro atoms. The first-order valence-electron chi connectivity index (χ1n) is 4.77. The summed E-state index contributed by atoms with van der Waals surface area (Å²) in [7, 11) is 0. The van der Waals surface area contributed by atoms with Gasteiger partial charge in [-0.2, -0.15) is 0 Å². The maximum atomic E-state index is 10.6. The number of benzene rings is 1. The molecule has 0 fully saturated rings. The Morgan fingerprint density at radius 1 is 1.40 bits per heavy atom. The second-order valence-electron chi connectivity index (χ2n) is 3.12. The molecular weight excluding hydrogens is 224 g/mol. The monoisotopic (exact) mass is 238 g/mol. The van der Waals surface area contributed by atoms with E-state index in [0.717, 1.165) is 17.1 Å². The number of carbonyl (C=O) groups excluding carboxylic acids is 1. The Balaban J connectivity index is 2.32. The molecule has 0 heterocycles. The SMILES string of the molecule is CC(=O)SCCC=Cc1ccc(S)cc1. The van der Waals surface area contributed by atoms with Gasteiger partial charge in [-0.3, -0.25) is 4.79 Å². The molecule has 0 aromatic heterocycles. The third-order valence-corrected chi connectivity index (χ3v) is 2.94. The molecule has 1 aromatic rings. The Morgan fingerprint density at radius 2 is 2.07 bits per heavy atom. The molecule has 1 nitrogen and oxygen atoms in total. The van der Waals surface area contributed by atoms with Gasteiger partial charge in [0, 0.05) is 17.6 Å². The van der Waals surface area contributed by atoms with Gasteiger partial charge in [-0.1, -0.05) is 36.0 Å². The summed E-state index contributed by atoms with van der Waals surface area (Å²) in [6.45, 7) is 1.60. The van der Waals surface area contributed by atoms with Crippen molar-refractivity contribution in [2.24, 2.45) is 0 Å². The Morgan fingerprint density at radius 3 is 2.67 bits per heavy atom. The summed E-state index contributed by atoms with van der Waals surface area (Å²) in [4.78, 5) is 11.6. The molecule has 0 aliphatic carbocycles. The van der Waals surface area contributed by atoms with Gasteiger partial charge in [0.1, 0.15) is 0 Å². The van der Waals surface area contributed by atoms with E-state index in [-0.39, 0.29) is 5.12 Å². The Bertz CT molecular complexity index is 341. The average Bonchev–Trinajstić information content (AvgIpc) is 2.20. The molecule has 0 radical (unpaired) electrons. The molecule has 0 aliphatic heterocycles. The number of rotatable bonds is 4. The van der Waals surface area contributed by atoms with Crippen molar-refractivity contribution in [1.29, 1.82) is 0 Å². The van der Waals surface area contributed by atoms with Crippen LogP contribution in [-0.4, -0.2) is 10.9 Å². The first kappa shape index (κ1) is 12.4. The van der Waals surface area contributed by atoms with Crippen molar-refractivity contribution in [2.75, 3.05) is 5.75 Å². The van der Waals surface area contributed by atoms with Crippen LogP contribution < -0.4 is 0 Å². The van der Waals surface area contributed by atoms with Crippen LogP contribution in [0.2, 0.25) is 0 Å². The quantitative estimate of drug-likeness (QED) is 0.637. The van der Waals surface area contributed by atoms with Gasteiger partial charge in [-0.05, 0) is 24.1 Å². The lowest BCUT2D eigenvalue weighted by atomic mass is 10.2. The molecule has 0 saturated carbocycles. The molecule has 80 valence electrons. The summed E-state index contributed by atoms with van der Waals surface area (Å²) in [6, 6.07) is 7.98. The predicted molar refractivity (Wildman–Crippen MR) is 70.5 cm³/mol. The van der Waals surface area contributed by atoms with E-state index in [2.05, 4.69) is 24.8 Å². The molecule has 3 heteroatoms. The summed E-state index contributed by atoms with van der Waals surface area (Å²) in [5.41, 5.74) is 1.17. The van der Waals surface area contributed by atoms with Crippen molar-refractivity contribution in [1.82, 2.24) is 0 Å². The van der Waals surface area contributed by atoms with E-state index in [9.17, 15) is 4.79 Å². The number of thioether (sulfide) groups is 1. The summed E-state index contributed by atoms with van der Waals surface area (Å²) < 4.78 is 0. The van der Waals surface area contributed by atoms with E-state index in [1.807, 2.05) is 24.3 Å². The Hall–Kier alpha value is -0.670. The topological polar surface area (TPSA) is 17.1 Å². The lowest BCUT2D eigenvalue weighted by molar-refractivity contribution is -0.109. The highest BCUT2D eigenvalue weighted by molar-refractivity contribution is 8.13. The molecule has 0 atom stereocenters. The van der Waals surface area contributed by atoms with Crippen molar-refractivity contribution >= 4 is 35.6 Å². The van der Waals surface area contributed by atoms with Crippen LogP contribution in [-0.2, 0) is 4.79 Å². The fourth-order valence-corrected chi connectivity index (χ4v) is 1.77. The molecule has 1 aromatic carbocycles. The number of hydrogen-bond acceptors (Lipinski definition) is 3. The van der Waals surface area contributed by atoms with Gasteiger partial charge in [-0.15, -0.1) is 12.6 Å². The van der Waals surface area contributed by atoms with Crippen LogP contribution in [0, 0.1) is 0 Å². The Labute approximate surface area is 100 Å². The second-order valence-corrected chi connectivity index (χ2v) is 4.91. The summed E-state index contributed by atoms with van der Waals surface area (Å²) in [6.07, 6.45) is 5.07. The second kappa shape index (κ2) is 6.75. The third-order valence-electron chi connectivity index (χ3n) is 1.79. The van der Waals surface area contributed by atoms with Crippen LogP contribution >= 0.6 is 24.4 Å². The lowest BCUT2D eigenvalue weighted by Gasteiger charge is -1.94. The van der Waals surface area contributed by atoms with Crippen molar-refractivity contribution in [2.45, 2.75) is 18.2 Å². The van der Waals surface area contributed by atoms with Crippen molar-refractivity contribution < 1.29 is 4.79 Å². The highest BCUT2D eigenvalue weighted by atomic mass is 32.2. The highest BCUT2D eigenvalue weighted by Gasteiger charge is 1.91. The minimum Gasteiger partial charge on any atom is -0.288 e. The normalized spacial score (nSPS) is 10.8. The summed E-state index contributed by atoms with van der Waals surface area (Å²) >= 11 is 5.58. The molecule has 0 bridgehead atoms. The van der Waals surface area contributed by atoms with E-state index in [1.54, 1.807) is 6.92 Å². The summed E-state index contributed by atoms with van der Waals surface area (Å²) in [5, 5.41) is 0.183. The maximum absolute atomic E-state index is 10.6. The smallest absolute Gasteiger partial charge is 0.185 e. The van der Waals surface area contributed by atoms with Crippen LogP contribution in [0.3, 0.4) is 0 Å². The average molecular weight is 238 g/mol. The molecule has 15 heavy (non-hydrogen) atoms. The van der Waals surface area contributed by atoms with Crippen LogP contribution in [0.4, 0.5) is 0 Å². The van der Waals surface area contributed by atoms with E-state index in [4.69, 9.17) is 0 Å². The third kappa shape index (κ3) is 5.70. The van der Waals surface area contributed by atoms with Crippen LogP contribution in [0.25, 0.3) is 6.08 Å². The molecule has 0 unspecified atom stereocenters. The number of thiol groups is 1. The zero-order valence-electron chi connectivity index (χ0n) is 8.64. The molecule has 0 aliphatic rings. The minimum atomic E-state index is 0.183. The molecule has 0 saturated heterocycles. The van der Waals surface area contributed by atoms with Gasteiger partial charge in [0.15, 0.2) is 5.12 Å². The van der Waals surface area contributed by atoms with Gasteiger partial charge in [0.25, 0.3) is 0 Å². The maximum Gasteiger partial charge on any atom is 0.185 e. The minimum absolute atomic E-state index is 0.183. The van der Waals surface area contributed by atoms with Gasteiger partial charge in [-0.25, -0.2) is 0 Å². The highest BCUT2D eigenvalue weighted by Crippen LogP contribution is 2.10. The fraction of sp³-hybridized carbons (Fsp3) is 0.250. The zero-order valence-corrected chi connectivity index (χ0v) is 10.4. The van der Waals surface area contributed by atoms with Gasteiger partial charge in [0.05, 0.1) is 0 Å². The number of carbonyl (C=O) groups is 1.